The van der Waals surface area contributed by atoms with Crippen LogP contribution in [0.4, 0.5) is 0 Å². The van der Waals surface area contributed by atoms with Crippen LogP contribution in [-0.2, 0) is 4.79 Å². The zero-order valence-corrected chi connectivity index (χ0v) is 12.6. The lowest BCUT2D eigenvalue weighted by atomic mass is 9.86. The molecule has 2 heteroatoms. The van der Waals surface area contributed by atoms with Crippen LogP contribution in [0.5, 0.6) is 0 Å². The summed E-state index contributed by atoms with van der Waals surface area (Å²) in [6.45, 7) is 4.16. The van der Waals surface area contributed by atoms with Crippen LogP contribution in [-0.4, -0.2) is 5.91 Å². The lowest BCUT2D eigenvalue weighted by molar-refractivity contribution is -0.123. The maximum atomic E-state index is 12.2. The highest BCUT2D eigenvalue weighted by molar-refractivity contribution is 5.76. The second kappa shape index (κ2) is 5.59. The van der Waals surface area contributed by atoms with Crippen LogP contribution in [0.3, 0.4) is 0 Å². The summed E-state index contributed by atoms with van der Waals surface area (Å²) in [5.41, 5.74) is 2.45. The quantitative estimate of drug-likeness (QED) is 0.881. The van der Waals surface area contributed by atoms with E-state index in [9.17, 15) is 4.79 Å². The Hall–Kier alpha value is -1.31. The third-order valence-electron chi connectivity index (χ3n) is 5.29. The molecule has 0 aromatic heterocycles. The van der Waals surface area contributed by atoms with E-state index in [-0.39, 0.29) is 11.9 Å². The first-order valence-electron chi connectivity index (χ1n) is 7.97. The summed E-state index contributed by atoms with van der Waals surface area (Å²) in [5, 5.41) is 3.16. The Balaban J connectivity index is 1.52. The highest BCUT2D eigenvalue weighted by Gasteiger charge is 2.40. The second-order valence-corrected chi connectivity index (χ2v) is 6.84. The topological polar surface area (TPSA) is 29.1 Å². The van der Waals surface area contributed by atoms with E-state index in [4.69, 9.17) is 0 Å². The van der Waals surface area contributed by atoms with Crippen molar-refractivity contribution in [1.82, 2.24) is 5.32 Å². The van der Waals surface area contributed by atoms with E-state index in [1.54, 1.807) is 0 Å². The first kappa shape index (κ1) is 13.7. The number of nitrogens with one attached hydrogen (secondary N) is 1. The molecule has 1 amide bonds. The van der Waals surface area contributed by atoms with Gasteiger partial charge in [-0.2, -0.15) is 0 Å². The molecule has 1 aromatic carbocycles. The van der Waals surface area contributed by atoms with Gasteiger partial charge in [-0.15, -0.1) is 0 Å². The molecule has 2 bridgehead atoms. The summed E-state index contributed by atoms with van der Waals surface area (Å²) in [6.07, 6.45) is 6.17. The zero-order chi connectivity index (χ0) is 14.1. The molecular formula is C18H25NO. The van der Waals surface area contributed by atoms with Crippen molar-refractivity contribution in [2.75, 3.05) is 0 Å². The van der Waals surface area contributed by atoms with Gasteiger partial charge < -0.3 is 5.32 Å². The molecule has 0 radical (unpaired) electrons. The lowest BCUT2D eigenvalue weighted by Crippen LogP contribution is -2.29. The third kappa shape index (κ3) is 2.89. The minimum atomic E-state index is 0.113. The average Bonchev–Trinajstić information content (AvgIpc) is 3.01. The number of hydrogen-bond acceptors (Lipinski definition) is 1. The maximum Gasteiger partial charge on any atom is 0.220 e. The highest BCUT2D eigenvalue weighted by Crippen LogP contribution is 2.49. The summed E-state index contributed by atoms with van der Waals surface area (Å²) in [5.74, 6) is 2.64. The smallest absolute Gasteiger partial charge is 0.220 e. The molecule has 0 saturated heterocycles. The van der Waals surface area contributed by atoms with Gasteiger partial charge in [0.25, 0.3) is 0 Å². The molecule has 1 aromatic rings. The maximum absolute atomic E-state index is 12.2. The molecule has 0 spiro atoms. The molecule has 4 atom stereocenters. The van der Waals surface area contributed by atoms with E-state index in [0.29, 0.717) is 5.92 Å². The van der Waals surface area contributed by atoms with Crippen molar-refractivity contribution < 1.29 is 4.79 Å². The van der Waals surface area contributed by atoms with Crippen molar-refractivity contribution in [3.05, 3.63) is 35.4 Å². The molecule has 20 heavy (non-hydrogen) atoms. The fourth-order valence-electron chi connectivity index (χ4n) is 4.10. The van der Waals surface area contributed by atoms with Gasteiger partial charge in [-0.3, -0.25) is 4.79 Å². The van der Waals surface area contributed by atoms with Crippen LogP contribution in [0.15, 0.2) is 24.3 Å². The molecule has 4 unspecified atom stereocenters. The number of amides is 1. The summed E-state index contributed by atoms with van der Waals surface area (Å²) in [6, 6.07) is 8.54. The van der Waals surface area contributed by atoms with Gasteiger partial charge in [0.2, 0.25) is 5.91 Å². The number of carbonyl (C=O) groups excluding carboxylic acids is 1. The van der Waals surface area contributed by atoms with Crippen LogP contribution in [0.2, 0.25) is 0 Å². The normalized spacial score (nSPS) is 29.4. The van der Waals surface area contributed by atoms with Gasteiger partial charge in [0.1, 0.15) is 0 Å². The van der Waals surface area contributed by atoms with Crippen molar-refractivity contribution >= 4 is 5.91 Å². The number of carbonyl (C=O) groups is 1. The van der Waals surface area contributed by atoms with Crippen LogP contribution in [0.1, 0.15) is 56.2 Å². The zero-order valence-electron chi connectivity index (χ0n) is 12.6. The fourth-order valence-corrected chi connectivity index (χ4v) is 4.10. The van der Waals surface area contributed by atoms with E-state index in [1.807, 2.05) is 0 Å². The Bertz CT molecular complexity index is 479. The van der Waals surface area contributed by atoms with Gasteiger partial charge in [-0.1, -0.05) is 36.2 Å². The predicted molar refractivity (Wildman–Crippen MR) is 81.3 cm³/mol. The van der Waals surface area contributed by atoms with Crippen molar-refractivity contribution in [3.63, 3.8) is 0 Å². The van der Waals surface area contributed by atoms with E-state index in [1.165, 1.54) is 36.8 Å². The van der Waals surface area contributed by atoms with Gasteiger partial charge in [-0.25, -0.2) is 0 Å². The minimum absolute atomic E-state index is 0.113. The van der Waals surface area contributed by atoms with Gasteiger partial charge >= 0.3 is 0 Å². The fraction of sp³-hybridized carbons (Fsp3) is 0.611. The van der Waals surface area contributed by atoms with Crippen molar-refractivity contribution in [3.8, 4) is 0 Å². The third-order valence-corrected chi connectivity index (χ3v) is 5.29. The van der Waals surface area contributed by atoms with Crippen LogP contribution in [0, 0.1) is 24.7 Å². The van der Waals surface area contributed by atoms with Crippen molar-refractivity contribution in [1.29, 1.82) is 0 Å². The molecule has 2 fully saturated rings. The number of fused-ring (bicyclic) bond motifs is 2. The number of hydrogen-bond donors (Lipinski definition) is 1. The van der Waals surface area contributed by atoms with E-state index in [0.717, 1.165) is 18.3 Å². The largest absolute Gasteiger partial charge is 0.350 e. The molecule has 3 rings (SSSR count). The Kier molecular flexibility index (Phi) is 3.82. The Labute approximate surface area is 122 Å². The number of rotatable bonds is 4. The average molecular weight is 271 g/mol. The van der Waals surface area contributed by atoms with Gasteiger partial charge in [-0.05, 0) is 56.4 Å². The number of benzene rings is 1. The van der Waals surface area contributed by atoms with Gasteiger partial charge in [0.05, 0.1) is 6.04 Å². The molecule has 0 aliphatic heterocycles. The number of aryl methyl sites for hydroxylation is 1. The van der Waals surface area contributed by atoms with Crippen molar-refractivity contribution in [2.45, 2.75) is 52.0 Å². The Morgan fingerprint density at radius 3 is 2.60 bits per heavy atom. The molecule has 2 nitrogen and oxygen atoms in total. The van der Waals surface area contributed by atoms with E-state index >= 15 is 0 Å². The Morgan fingerprint density at radius 2 is 2.00 bits per heavy atom. The monoisotopic (exact) mass is 271 g/mol. The molecule has 2 aliphatic rings. The van der Waals surface area contributed by atoms with Gasteiger partial charge in [0.15, 0.2) is 0 Å². The second-order valence-electron chi connectivity index (χ2n) is 6.84. The molecule has 0 heterocycles. The molecule has 2 saturated carbocycles. The molecule has 108 valence electrons. The predicted octanol–water partition coefficient (Wildman–Crippen LogP) is 4.00. The SMILES string of the molecule is Cc1ccc(C(C)NC(=O)CC2CC3CCC2C3)cc1. The minimum Gasteiger partial charge on any atom is -0.350 e. The summed E-state index contributed by atoms with van der Waals surface area (Å²) in [4.78, 5) is 12.2. The van der Waals surface area contributed by atoms with Gasteiger partial charge in [0, 0.05) is 6.42 Å². The summed E-state index contributed by atoms with van der Waals surface area (Å²) >= 11 is 0. The standard InChI is InChI=1S/C18H25NO/c1-12-3-6-15(7-4-12)13(2)19-18(20)11-17-10-14-5-8-16(17)9-14/h3-4,6-7,13-14,16-17H,5,8-11H2,1-2H3,(H,19,20). The van der Waals surface area contributed by atoms with Crippen LogP contribution in [0.25, 0.3) is 0 Å². The van der Waals surface area contributed by atoms with E-state index in [2.05, 4.69) is 43.4 Å². The lowest BCUT2D eigenvalue weighted by Gasteiger charge is -2.22. The van der Waals surface area contributed by atoms with Crippen LogP contribution < -0.4 is 5.32 Å². The van der Waals surface area contributed by atoms with Crippen LogP contribution >= 0.6 is 0 Å². The summed E-state index contributed by atoms with van der Waals surface area (Å²) in [7, 11) is 0. The summed E-state index contributed by atoms with van der Waals surface area (Å²) < 4.78 is 0. The molecule has 1 N–H and O–H groups in total. The molecule has 2 aliphatic carbocycles. The highest BCUT2D eigenvalue weighted by atomic mass is 16.1. The first-order valence-corrected chi connectivity index (χ1v) is 7.97. The van der Waals surface area contributed by atoms with Crippen molar-refractivity contribution in [2.24, 2.45) is 17.8 Å². The first-order chi connectivity index (χ1) is 9.61. The molecular weight excluding hydrogens is 246 g/mol. The van der Waals surface area contributed by atoms with E-state index < -0.39 is 0 Å². The Morgan fingerprint density at radius 1 is 1.25 bits per heavy atom.